The molecule has 0 radical (unpaired) electrons. The molecule has 5 heteroatoms. The largest absolute Gasteiger partial charge is 0.447 e. The molecule has 0 aromatic carbocycles. The van der Waals surface area contributed by atoms with Crippen molar-refractivity contribution in [3.63, 3.8) is 0 Å². The number of ether oxygens (including phenoxy) is 2. The fourth-order valence-corrected chi connectivity index (χ4v) is 1.14. The number of oxazole rings is 1. The van der Waals surface area contributed by atoms with Crippen molar-refractivity contribution in [1.82, 2.24) is 10.3 Å². The van der Waals surface area contributed by atoms with Crippen LogP contribution in [0.25, 0.3) is 0 Å². The summed E-state index contributed by atoms with van der Waals surface area (Å²) >= 11 is 0. The molecule has 0 spiro atoms. The Morgan fingerprint density at radius 3 is 2.93 bits per heavy atom. The van der Waals surface area contributed by atoms with Crippen molar-refractivity contribution < 1.29 is 13.9 Å². The number of nitrogens with zero attached hydrogens (tertiary/aromatic N) is 1. The fourth-order valence-electron chi connectivity index (χ4n) is 1.14. The maximum Gasteiger partial charge on any atom is 0.180 e. The number of aromatic nitrogens is 1. The first-order valence-corrected chi connectivity index (χ1v) is 4.48. The third-order valence-electron chi connectivity index (χ3n) is 1.83. The van der Waals surface area contributed by atoms with Gasteiger partial charge in [0.25, 0.3) is 0 Å². The van der Waals surface area contributed by atoms with Crippen molar-refractivity contribution in [2.75, 3.05) is 34.0 Å². The van der Waals surface area contributed by atoms with E-state index in [0.29, 0.717) is 13.2 Å². The van der Waals surface area contributed by atoms with Gasteiger partial charge in [0.05, 0.1) is 25.5 Å². The maximum atomic E-state index is 5.18. The number of hydrogen-bond donors (Lipinski definition) is 1. The Balaban J connectivity index is 2.39. The number of hydrogen-bond acceptors (Lipinski definition) is 5. The molecule has 0 saturated heterocycles. The molecule has 1 heterocycles. The minimum Gasteiger partial charge on any atom is -0.447 e. The lowest BCUT2D eigenvalue weighted by atomic mass is 10.2. The Labute approximate surface area is 83.4 Å². The van der Waals surface area contributed by atoms with Crippen LogP contribution in [0.5, 0.6) is 0 Å². The number of rotatable bonds is 7. The molecule has 1 N–H and O–H groups in total. The second-order valence-corrected chi connectivity index (χ2v) is 2.86. The van der Waals surface area contributed by atoms with Crippen molar-refractivity contribution in [2.24, 2.45) is 0 Å². The van der Waals surface area contributed by atoms with Gasteiger partial charge in [0, 0.05) is 20.8 Å². The van der Waals surface area contributed by atoms with Crippen molar-refractivity contribution in [3.05, 3.63) is 18.4 Å². The Morgan fingerprint density at radius 2 is 2.36 bits per heavy atom. The van der Waals surface area contributed by atoms with E-state index in [1.807, 2.05) is 0 Å². The van der Waals surface area contributed by atoms with Gasteiger partial charge in [-0.2, -0.15) is 0 Å². The van der Waals surface area contributed by atoms with Gasteiger partial charge in [-0.25, -0.2) is 4.98 Å². The molecular weight excluding hydrogens is 184 g/mol. The summed E-state index contributed by atoms with van der Waals surface area (Å²) in [5.41, 5.74) is 0. The average Bonchev–Trinajstić information content (AvgIpc) is 2.70. The van der Waals surface area contributed by atoms with Crippen LogP contribution in [0.3, 0.4) is 0 Å². The minimum absolute atomic E-state index is 0.0395. The first-order valence-electron chi connectivity index (χ1n) is 4.48. The van der Waals surface area contributed by atoms with Crippen molar-refractivity contribution in [3.8, 4) is 0 Å². The van der Waals surface area contributed by atoms with E-state index in [0.717, 1.165) is 12.3 Å². The van der Waals surface area contributed by atoms with Crippen LogP contribution in [0, 0.1) is 0 Å². The summed E-state index contributed by atoms with van der Waals surface area (Å²) in [6.45, 7) is 1.97. The molecular formula is C9H16N2O3. The molecule has 0 amide bonds. The van der Waals surface area contributed by atoms with Gasteiger partial charge in [0.15, 0.2) is 6.39 Å². The molecule has 1 rings (SSSR count). The van der Waals surface area contributed by atoms with Gasteiger partial charge in [0.1, 0.15) is 5.76 Å². The summed E-state index contributed by atoms with van der Waals surface area (Å²) in [5, 5.41) is 3.24. The topological polar surface area (TPSA) is 56.5 Å². The van der Waals surface area contributed by atoms with E-state index in [9.17, 15) is 0 Å². The van der Waals surface area contributed by atoms with E-state index < -0.39 is 0 Å². The quantitative estimate of drug-likeness (QED) is 0.653. The highest BCUT2D eigenvalue weighted by atomic mass is 16.5. The van der Waals surface area contributed by atoms with Crippen LogP contribution < -0.4 is 5.32 Å². The zero-order chi connectivity index (χ0) is 10.2. The van der Waals surface area contributed by atoms with E-state index in [1.54, 1.807) is 20.4 Å². The predicted octanol–water partition coefficient (Wildman–Crippen LogP) is 0.598. The second kappa shape index (κ2) is 6.53. The monoisotopic (exact) mass is 200 g/mol. The Morgan fingerprint density at radius 1 is 1.50 bits per heavy atom. The van der Waals surface area contributed by atoms with E-state index >= 15 is 0 Å². The molecule has 80 valence electrons. The fraction of sp³-hybridized carbons (Fsp3) is 0.667. The smallest absolute Gasteiger partial charge is 0.180 e. The van der Waals surface area contributed by atoms with Crippen LogP contribution in [0.4, 0.5) is 0 Å². The lowest BCUT2D eigenvalue weighted by Crippen LogP contribution is -2.27. The second-order valence-electron chi connectivity index (χ2n) is 2.86. The summed E-state index contributed by atoms with van der Waals surface area (Å²) in [6, 6.07) is 0.0395. The van der Waals surface area contributed by atoms with E-state index in [2.05, 4.69) is 10.3 Å². The summed E-state index contributed by atoms with van der Waals surface area (Å²) in [4.78, 5) is 3.86. The third kappa shape index (κ3) is 3.45. The van der Waals surface area contributed by atoms with Gasteiger partial charge in [-0.1, -0.05) is 0 Å². The summed E-state index contributed by atoms with van der Waals surface area (Å²) in [6.07, 6.45) is 3.10. The molecule has 1 unspecified atom stereocenters. The maximum absolute atomic E-state index is 5.18. The van der Waals surface area contributed by atoms with Crippen LogP contribution in [0.1, 0.15) is 11.8 Å². The molecule has 0 aliphatic rings. The molecule has 5 nitrogen and oxygen atoms in total. The molecule has 0 aliphatic carbocycles. The predicted molar refractivity (Wildman–Crippen MR) is 51.0 cm³/mol. The normalized spacial score (nSPS) is 13.0. The molecule has 0 saturated carbocycles. The molecule has 0 fully saturated rings. The highest BCUT2D eigenvalue weighted by Gasteiger charge is 2.13. The lowest BCUT2D eigenvalue weighted by molar-refractivity contribution is 0.145. The van der Waals surface area contributed by atoms with Gasteiger partial charge in [0.2, 0.25) is 0 Å². The third-order valence-corrected chi connectivity index (χ3v) is 1.83. The molecule has 1 atom stereocenters. The van der Waals surface area contributed by atoms with Crippen LogP contribution in [-0.4, -0.2) is 39.0 Å². The van der Waals surface area contributed by atoms with Crippen molar-refractivity contribution in [2.45, 2.75) is 6.04 Å². The summed E-state index contributed by atoms with van der Waals surface area (Å²) in [5.74, 6) is 0.781. The minimum atomic E-state index is 0.0395. The van der Waals surface area contributed by atoms with Crippen LogP contribution >= 0.6 is 0 Å². The zero-order valence-corrected chi connectivity index (χ0v) is 8.53. The first-order chi connectivity index (χ1) is 6.88. The summed E-state index contributed by atoms with van der Waals surface area (Å²) in [7, 11) is 3.32. The van der Waals surface area contributed by atoms with Crippen LogP contribution in [0.2, 0.25) is 0 Å². The average molecular weight is 200 g/mol. The Kier molecular flexibility index (Phi) is 5.21. The van der Waals surface area contributed by atoms with E-state index in [-0.39, 0.29) is 6.04 Å². The molecule has 14 heavy (non-hydrogen) atoms. The van der Waals surface area contributed by atoms with Crippen LogP contribution in [-0.2, 0) is 9.47 Å². The highest BCUT2D eigenvalue weighted by molar-refractivity contribution is 4.97. The highest BCUT2D eigenvalue weighted by Crippen LogP contribution is 2.11. The molecule has 0 bridgehead atoms. The van der Waals surface area contributed by atoms with Gasteiger partial charge in [-0.15, -0.1) is 0 Å². The van der Waals surface area contributed by atoms with Crippen molar-refractivity contribution >= 4 is 0 Å². The van der Waals surface area contributed by atoms with E-state index in [4.69, 9.17) is 13.9 Å². The van der Waals surface area contributed by atoms with Gasteiger partial charge < -0.3 is 19.2 Å². The van der Waals surface area contributed by atoms with Gasteiger partial charge in [-0.3, -0.25) is 0 Å². The molecule has 1 aromatic rings. The zero-order valence-electron chi connectivity index (χ0n) is 8.53. The summed E-state index contributed by atoms with van der Waals surface area (Å²) < 4.78 is 15.2. The molecule has 0 aliphatic heterocycles. The van der Waals surface area contributed by atoms with E-state index in [1.165, 1.54) is 6.39 Å². The Bertz CT molecular complexity index is 226. The number of methoxy groups -OCH3 is 2. The van der Waals surface area contributed by atoms with Crippen molar-refractivity contribution in [1.29, 1.82) is 0 Å². The number of nitrogens with one attached hydrogen (secondary N) is 1. The standard InChI is InChI=1S/C9H16N2O3/c1-12-4-3-11-8(6-13-2)9-5-10-7-14-9/h5,7-8,11H,3-4,6H2,1-2H3. The molecule has 1 aromatic heterocycles. The Hall–Kier alpha value is -0.910. The lowest BCUT2D eigenvalue weighted by Gasteiger charge is -2.14. The SMILES string of the molecule is COCCNC(COC)c1cnco1. The van der Waals surface area contributed by atoms with Gasteiger partial charge in [-0.05, 0) is 0 Å². The first kappa shape index (κ1) is 11.2. The van der Waals surface area contributed by atoms with Crippen LogP contribution in [0.15, 0.2) is 17.0 Å². The van der Waals surface area contributed by atoms with Gasteiger partial charge >= 0.3 is 0 Å².